The van der Waals surface area contributed by atoms with Crippen LogP contribution in [0.15, 0.2) is 24.3 Å². The third kappa shape index (κ3) is 6.84. The van der Waals surface area contributed by atoms with Crippen molar-refractivity contribution in [3.8, 4) is 5.75 Å². The maximum absolute atomic E-state index is 11.7. The normalized spacial score (nSPS) is 16.6. The molecular formula is C18H26N2O3S. The van der Waals surface area contributed by atoms with Crippen molar-refractivity contribution in [3.05, 3.63) is 24.3 Å². The number of amides is 1. The van der Waals surface area contributed by atoms with Gasteiger partial charge in [-0.2, -0.15) is 0 Å². The minimum atomic E-state index is -0.0440. The van der Waals surface area contributed by atoms with Gasteiger partial charge in [0.2, 0.25) is 5.91 Å². The Morgan fingerprint density at radius 1 is 1.33 bits per heavy atom. The Kier molecular flexibility index (Phi) is 7.98. The number of rotatable bonds is 8. The van der Waals surface area contributed by atoms with Crippen molar-refractivity contribution in [1.82, 2.24) is 5.32 Å². The molecule has 24 heavy (non-hydrogen) atoms. The second-order valence-corrected chi connectivity index (χ2v) is 6.34. The minimum absolute atomic E-state index is 0.0440. The molecule has 2 N–H and O–H groups in total. The molecule has 1 amide bonds. The van der Waals surface area contributed by atoms with Gasteiger partial charge in [-0.3, -0.25) is 4.79 Å². The maximum atomic E-state index is 11.7. The van der Waals surface area contributed by atoms with Gasteiger partial charge in [-0.1, -0.05) is 19.8 Å². The molecule has 2 rings (SSSR count). The first-order valence-corrected chi connectivity index (χ1v) is 9.03. The summed E-state index contributed by atoms with van der Waals surface area (Å²) in [4.78, 5) is 11.7. The molecule has 1 saturated heterocycles. The zero-order valence-electron chi connectivity index (χ0n) is 14.2. The van der Waals surface area contributed by atoms with E-state index in [1.54, 1.807) is 0 Å². The molecule has 1 atom stereocenters. The molecule has 6 heteroatoms. The SMILES string of the molecule is CCCCCC(=O)NC(=S)Nc1ccc(OCC2CCCO2)cc1. The van der Waals surface area contributed by atoms with Crippen LogP contribution < -0.4 is 15.4 Å². The molecule has 1 aliphatic rings. The van der Waals surface area contributed by atoms with Crippen molar-refractivity contribution in [3.63, 3.8) is 0 Å². The van der Waals surface area contributed by atoms with Gasteiger partial charge in [0.05, 0.1) is 6.10 Å². The third-order valence-corrected chi connectivity index (χ3v) is 4.04. The molecule has 1 aliphatic heterocycles. The van der Waals surface area contributed by atoms with Crippen LogP contribution in [0.25, 0.3) is 0 Å². The topological polar surface area (TPSA) is 59.6 Å². The largest absolute Gasteiger partial charge is 0.491 e. The average Bonchev–Trinajstić information content (AvgIpc) is 3.08. The Balaban J connectivity index is 1.70. The van der Waals surface area contributed by atoms with Crippen molar-refractivity contribution < 1.29 is 14.3 Å². The van der Waals surface area contributed by atoms with E-state index in [1.165, 1.54) is 0 Å². The van der Waals surface area contributed by atoms with Gasteiger partial charge in [0, 0.05) is 18.7 Å². The van der Waals surface area contributed by atoms with E-state index in [2.05, 4.69) is 17.6 Å². The highest BCUT2D eigenvalue weighted by Crippen LogP contribution is 2.18. The molecule has 0 radical (unpaired) electrons. The lowest BCUT2D eigenvalue weighted by atomic mass is 10.2. The van der Waals surface area contributed by atoms with E-state index in [0.717, 1.165) is 50.1 Å². The molecule has 1 heterocycles. The first-order valence-electron chi connectivity index (χ1n) is 8.62. The summed E-state index contributed by atoms with van der Waals surface area (Å²) in [6, 6.07) is 7.51. The number of ether oxygens (including phenoxy) is 2. The van der Waals surface area contributed by atoms with Crippen LogP contribution in [0.4, 0.5) is 5.69 Å². The predicted molar refractivity (Wildman–Crippen MR) is 99.4 cm³/mol. The summed E-state index contributed by atoms with van der Waals surface area (Å²) in [5, 5.41) is 6.03. The highest BCUT2D eigenvalue weighted by molar-refractivity contribution is 7.80. The Hall–Kier alpha value is -1.66. The molecule has 1 fully saturated rings. The maximum Gasteiger partial charge on any atom is 0.226 e. The van der Waals surface area contributed by atoms with E-state index in [0.29, 0.717) is 18.1 Å². The Bertz CT molecular complexity index is 528. The van der Waals surface area contributed by atoms with Crippen LogP contribution in [0.3, 0.4) is 0 Å². The van der Waals surface area contributed by atoms with Crippen molar-refractivity contribution >= 4 is 28.9 Å². The Labute approximate surface area is 149 Å². The van der Waals surface area contributed by atoms with Gasteiger partial charge in [0.25, 0.3) is 0 Å². The Morgan fingerprint density at radius 3 is 2.79 bits per heavy atom. The third-order valence-electron chi connectivity index (χ3n) is 3.83. The van der Waals surface area contributed by atoms with Gasteiger partial charge in [0.1, 0.15) is 12.4 Å². The van der Waals surface area contributed by atoms with E-state index in [1.807, 2.05) is 24.3 Å². The number of nitrogens with one attached hydrogen (secondary N) is 2. The fourth-order valence-electron chi connectivity index (χ4n) is 2.49. The molecule has 0 spiro atoms. The lowest BCUT2D eigenvalue weighted by Gasteiger charge is -2.13. The van der Waals surface area contributed by atoms with Crippen LogP contribution >= 0.6 is 12.2 Å². The first-order chi connectivity index (χ1) is 11.7. The molecule has 132 valence electrons. The fraction of sp³-hybridized carbons (Fsp3) is 0.556. The van der Waals surface area contributed by atoms with Gasteiger partial charge in [0.15, 0.2) is 5.11 Å². The summed E-state index contributed by atoms with van der Waals surface area (Å²) in [6.45, 7) is 3.52. The Morgan fingerprint density at radius 2 is 2.12 bits per heavy atom. The number of anilines is 1. The quantitative estimate of drug-likeness (QED) is 0.554. The summed E-state index contributed by atoms with van der Waals surface area (Å²) in [5.74, 6) is 0.753. The van der Waals surface area contributed by atoms with Crippen LogP contribution in [0.5, 0.6) is 5.75 Å². The minimum Gasteiger partial charge on any atom is -0.491 e. The summed E-state index contributed by atoms with van der Waals surface area (Å²) >= 11 is 5.16. The molecule has 5 nitrogen and oxygen atoms in total. The summed E-state index contributed by atoms with van der Waals surface area (Å²) < 4.78 is 11.2. The number of unbranched alkanes of at least 4 members (excludes halogenated alkanes) is 2. The molecule has 1 aromatic rings. The van der Waals surface area contributed by atoms with E-state index >= 15 is 0 Å². The van der Waals surface area contributed by atoms with Gasteiger partial charge < -0.3 is 20.1 Å². The molecule has 1 aromatic carbocycles. The second kappa shape index (κ2) is 10.3. The van der Waals surface area contributed by atoms with Crippen molar-refractivity contribution in [2.24, 2.45) is 0 Å². The van der Waals surface area contributed by atoms with Crippen LogP contribution in [-0.2, 0) is 9.53 Å². The smallest absolute Gasteiger partial charge is 0.226 e. The predicted octanol–water partition coefficient (Wildman–Crippen LogP) is 3.64. The second-order valence-electron chi connectivity index (χ2n) is 5.93. The molecule has 0 bridgehead atoms. The molecule has 0 saturated carbocycles. The van der Waals surface area contributed by atoms with Crippen molar-refractivity contribution in [2.45, 2.75) is 51.6 Å². The van der Waals surface area contributed by atoms with E-state index < -0.39 is 0 Å². The van der Waals surface area contributed by atoms with Gasteiger partial charge in [-0.05, 0) is 55.7 Å². The molecule has 0 aliphatic carbocycles. The lowest BCUT2D eigenvalue weighted by molar-refractivity contribution is -0.119. The first kappa shape index (κ1) is 18.7. The fourth-order valence-corrected chi connectivity index (χ4v) is 2.72. The number of hydrogen-bond acceptors (Lipinski definition) is 4. The van der Waals surface area contributed by atoms with E-state index in [4.69, 9.17) is 21.7 Å². The van der Waals surface area contributed by atoms with Crippen molar-refractivity contribution in [2.75, 3.05) is 18.5 Å². The van der Waals surface area contributed by atoms with Crippen LogP contribution in [-0.4, -0.2) is 30.3 Å². The van der Waals surface area contributed by atoms with Crippen LogP contribution in [0.2, 0.25) is 0 Å². The number of thiocarbonyl (C=S) groups is 1. The van der Waals surface area contributed by atoms with Gasteiger partial charge in [-0.25, -0.2) is 0 Å². The number of hydrogen-bond donors (Lipinski definition) is 2. The number of carbonyl (C=O) groups excluding carboxylic acids is 1. The standard InChI is InChI=1S/C18H26N2O3S/c1-2-3-4-7-17(21)20-18(24)19-14-8-10-15(11-9-14)23-13-16-6-5-12-22-16/h8-11,16H,2-7,12-13H2,1H3,(H2,19,20,21,24). The highest BCUT2D eigenvalue weighted by Gasteiger charge is 2.15. The molecule has 1 unspecified atom stereocenters. The summed E-state index contributed by atoms with van der Waals surface area (Å²) in [6.07, 6.45) is 5.92. The van der Waals surface area contributed by atoms with Crippen molar-refractivity contribution in [1.29, 1.82) is 0 Å². The summed E-state index contributed by atoms with van der Waals surface area (Å²) in [5.41, 5.74) is 0.818. The van der Waals surface area contributed by atoms with E-state index in [-0.39, 0.29) is 12.0 Å². The van der Waals surface area contributed by atoms with E-state index in [9.17, 15) is 4.79 Å². The van der Waals surface area contributed by atoms with Crippen LogP contribution in [0.1, 0.15) is 45.4 Å². The highest BCUT2D eigenvalue weighted by atomic mass is 32.1. The molecular weight excluding hydrogens is 324 g/mol. The zero-order valence-corrected chi connectivity index (χ0v) is 15.0. The number of carbonyl (C=O) groups is 1. The average molecular weight is 350 g/mol. The molecule has 0 aromatic heterocycles. The zero-order chi connectivity index (χ0) is 17.2. The van der Waals surface area contributed by atoms with Gasteiger partial charge >= 0.3 is 0 Å². The van der Waals surface area contributed by atoms with Crippen LogP contribution in [0, 0.1) is 0 Å². The number of benzene rings is 1. The summed E-state index contributed by atoms with van der Waals surface area (Å²) in [7, 11) is 0. The lowest BCUT2D eigenvalue weighted by Crippen LogP contribution is -2.33. The van der Waals surface area contributed by atoms with Gasteiger partial charge in [-0.15, -0.1) is 0 Å². The monoisotopic (exact) mass is 350 g/mol.